The molecule has 0 atom stereocenters. The van der Waals surface area contributed by atoms with Gasteiger partial charge in [-0.3, -0.25) is 0 Å². The van der Waals surface area contributed by atoms with Crippen molar-refractivity contribution in [3.63, 3.8) is 0 Å². The van der Waals surface area contributed by atoms with Crippen molar-refractivity contribution in [3.05, 3.63) is 53.1 Å². The first-order valence-corrected chi connectivity index (χ1v) is 7.56. The van der Waals surface area contributed by atoms with Crippen LogP contribution in [0.5, 0.6) is 0 Å². The van der Waals surface area contributed by atoms with E-state index in [1.165, 1.54) is 0 Å². The number of hydrogen-bond acceptors (Lipinski definition) is 4. The van der Waals surface area contributed by atoms with Gasteiger partial charge in [-0.2, -0.15) is 0 Å². The van der Waals surface area contributed by atoms with Crippen LogP contribution in [0.4, 0.5) is 15.9 Å². The van der Waals surface area contributed by atoms with E-state index in [0.29, 0.717) is 22.1 Å². The molecule has 0 aliphatic heterocycles. The summed E-state index contributed by atoms with van der Waals surface area (Å²) in [6, 6.07) is 3.19. The summed E-state index contributed by atoms with van der Waals surface area (Å²) in [6.07, 6.45) is 3.23. The summed E-state index contributed by atoms with van der Waals surface area (Å²) in [5.74, 6) is 0.301. The van der Waals surface area contributed by atoms with E-state index in [1.807, 2.05) is 0 Å². The number of anilines is 2. The third-order valence-corrected chi connectivity index (χ3v) is 3.71. The van der Waals surface area contributed by atoms with Crippen molar-refractivity contribution in [2.75, 3.05) is 31.4 Å². The van der Waals surface area contributed by atoms with Gasteiger partial charge in [-0.05, 0) is 12.1 Å². The summed E-state index contributed by atoms with van der Waals surface area (Å²) in [5.41, 5.74) is 4.47. The maximum atomic E-state index is 14.9. The quantitative estimate of drug-likeness (QED) is 0.812. The average molecular weight is 345 g/mol. The van der Waals surface area contributed by atoms with Gasteiger partial charge in [0.25, 0.3) is 0 Å². The summed E-state index contributed by atoms with van der Waals surface area (Å²) < 4.78 is 14.9. The van der Waals surface area contributed by atoms with Crippen molar-refractivity contribution in [3.8, 4) is 11.4 Å². The highest BCUT2D eigenvalue weighted by atomic mass is 35.5. The topological polar surface area (TPSA) is 41.1 Å². The van der Waals surface area contributed by atoms with Gasteiger partial charge in [0.1, 0.15) is 5.82 Å². The van der Waals surface area contributed by atoms with Crippen LogP contribution in [0.3, 0.4) is 0 Å². The fraction of sp³-hybridized carbons (Fsp3) is 0.167. The summed E-state index contributed by atoms with van der Waals surface area (Å²) in [5, 5.41) is 3.30. The zero-order valence-electron chi connectivity index (χ0n) is 13.8. The fourth-order valence-corrected chi connectivity index (χ4v) is 2.64. The van der Waals surface area contributed by atoms with Gasteiger partial charge in [-0.25, -0.2) is 14.4 Å². The smallest absolute Gasteiger partial charge is 0.165 e. The highest BCUT2D eigenvalue weighted by Crippen LogP contribution is 2.34. The second-order valence-electron chi connectivity index (χ2n) is 5.15. The lowest BCUT2D eigenvalue weighted by atomic mass is 10.1. The van der Waals surface area contributed by atoms with Crippen LogP contribution in [0.2, 0.25) is 5.02 Å². The molecule has 1 aromatic carbocycles. The minimum atomic E-state index is -0.477. The Labute approximate surface area is 146 Å². The van der Waals surface area contributed by atoms with Gasteiger partial charge in [0.2, 0.25) is 0 Å². The first-order chi connectivity index (χ1) is 11.4. The Kier molecular flexibility index (Phi) is 5.39. The molecule has 1 aromatic heterocycles. The van der Waals surface area contributed by atoms with Crippen molar-refractivity contribution >= 4 is 35.3 Å². The lowest BCUT2D eigenvalue weighted by Gasteiger charge is -2.18. The molecule has 0 radical (unpaired) electrons. The van der Waals surface area contributed by atoms with Gasteiger partial charge in [-0.15, -0.1) is 5.73 Å². The molecule has 2 aromatic rings. The van der Waals surface area contributed by atoms with E-state index >= 15 is 0 Å². The van der Waals surface area contributed by atoms with Crippen LogP contribution >= 0.6 is 11.6 Å². The molecule has 0 unspecified atom stereocenters. The van der Waals surface area contributed by atoms with E-state index in [1.54, 1.807) is 50.3 Å². The molecule has 0 bridgehead atoms. The first-order valence-electron chi connectivity index (χ1n) is 7.18. The normalized spacial score (nSPS) is 10.0. The van der Waals surface area contributed by atoms with Gasteiger partial charge < -0.3 is 10.2 Å². The predicted octanol–water partition coefficient (Wildman–Crippen LogP) is 4.48. The van der Waals surface area contributed by atoms with Crippen molar-refractivity contribution in [1.82, 2.24) is 9.97 Å². The van der Waals surface area contributed by atoms with E-state index in [0.717, 1.165) is 0 Å². The van der Waals surface area contributed by atoms with Gasteiger partial charge in [0.05, 0.1) is 22.0 Å². The van der Waals surface area contributed by atoms with Crippen LogP contribution in [0.15, 0.2) is 31.0 Å². The Morgan fingerprint density at radius 2 is 2.04 bits per heavy atom. The molecule has 0 aliphatic rings. The van der Waals surface area contributed by atoms with Crippen LogP contribution < -0.4 is 10.2 Å². The highest BCUT2D eigenvalue weighted by Gasteiger charge is 2.19. The number of benzene rings is 1. The van der Waals surface area contributed by atoms with Crippen LogP contribution in [-0.4, -0.2) is 31.1 Å². The fourth-order valence-electron chi connectivity index (χ4n) is 2.33. The first kappa shape index (κ1) is 17.7. The van der Waals surface area contributed by atoms with Crippen molar-refractivity contribution < 1.29 is 4.39 Å². The van der Waals surface area contributed by atoms with Crippen molar-refractivity contribution in [1.29, 1.82) is 0 Å². The standard InChI is InChI=1S/C18H18ClFN4/c1-6-8-14-11(7-2)17(21-3)23-18(22-14)12-9-10-13(19)16(15(12)20)24(4)5/h7-10H,1-2H2,3-5H3,(H,21,22,23). The third kappa shape index (κ3) is 3.18. The molecule has 0 amide bonds. The molecule has 2 rings (SSSR count). The summed E-state index contributed by atoms with van der Waals surface area (Å²) in [4.78, 5) is 10.4. The molecule has 0 fully saturated rings. The highest BCUT2D eigenvalue weighted by molar-refractivity contribution is 6.33. The van der Waals surface area contributed by atoms with Crippen molar-refractivity contribution in [2.45, 2.75) is 0 Å². The van der Waals surface area contributed by atoms with Crippen LogP contribution in [0.1, 0.15) is 11.3 Å². The third-order valence-electron chi connectivity index (χ3n) is 3.41. The average Bonchev–Trinajstić information content (AvgIpc) is 2.54. The molecule has 0 saturated heterocycles. The number of halogens is 2. The molecule has 0 aliphatic carbocycles. The monoisotopic (exact) mass is 344 g/mol. The second-order valence-corrected chi connectivity index (χ2v) is 5.56. The number of rotatable bonds is 5. The molecular formula is C18H18ClFN4. The zero-order valence-corrected chi connectivity index (χ0v) is 14.6. The molecule has 6 heteroatoms. The Balaban J connectivity index is 2.78. The van der Waals surface area contributed by atoms with Gasteiger partial charge >= 0.3 is 0 Å². The molecule has 0 saturated carbocycles. The lowest BCUT2D eigenvalue weighted by Crippen LogP contribution is -2.12. The van der Waals surface area contributed by atoms with E-state index in [2.05, 4.69) is 34.2 Å². The largest absolute Gasteiger partial charge is 0.374 e. The van der Waals surface area contributed by atoms with Gasteiger partial charge in [-0.1, -0.05) is 30.8 Å². The van der Waals surface area contributed by atoms with E-state index in [-0.39, 0.29) is 17.1 Å². The Morgan fingerprint density at radius 1 is 1.33 bits per heavy atom. The molecule has 24 heavy (non-hydrogen) atoms. The Hall–Kier alpha value is -2.62. The van der Waals surface area contributed by atoms with Gasteiger partial charge in [0, 0.05) is 32.8 Å². The molecule has 1 heterocycles. The molecular weight excluding hydrogens is 327 g/mol. The minimum Gasteiger partial charge on any atom is -0.374 e. The summed E-state index contributed by atoms with van der Waals surface area (Å²) in [7, 11) is 5.17. The lowest BCUT2D eigenvalue weighted by molar-refractivity contribution is 0.628. The summed E-state index contributed by atoms with van der Waals surface area (Å²) in [6.45, 7) is 7.33. The van der Waals surface area contributed by atoms with Crippen LogP contribution in [0.25, 0.3) is 23.5 Å². The Bertz CT molecular complexity index is 839. The molecule has 4 nitrogen and oxygen atoms in total. The van der Waals surface area contributed by atoms with Crippen LogP contribution in [-0.2, 0) is 0 Å². The molecule has 1 N–H and O–H groups in total. The summed E-state index contributed by atoms with van der Waals surface area (Å²) >= 11 is 6.10. The maximum absolute atomic E-state index is 14.9. The maximum Gasteiger partial charge on any atom is 0.165 e. The van der Waals surface area contributed by atoms with Crippen molar-refractivity contribution in [2.24, 2.45) is 0 Å². The van der Waals surface area contributed by atoms with E-state index in [4.69, 9.17) is 11.6 Å². The zero-order chi connectivity index (χ0) is 17.9. The number of nitrogens with one attached hydrogen (secondary N) is 1. The second kappa shape index (κ2) is 7.30. The number of aromatic nitrogens is 2. The predicted molar refractivity (Wildman–Crippen MR) is 100 cm³/mol. The Morgan fingerprint density at radius 3 is 2.58 bits per heavy atom. The SMILES string of the molecule is C=C=Cc1nc(-c2ccc(Cl)c(N(C)C)c2F)nc(NC)c1C=C. The molecule has 0 spiro atoms. The number of nitrogens with zero attached hydrogens (tertiary/aromatic N) is 3. The van der Waals surface area contributed by atoms with E-state index < -0.39 is 5.82 Å². The number of hydrogen-bond donors (Lipinski definition) is 1. The van der Waals surface area contributed by atoms with E-state index in [9.17, 15) is 4.39 Å². The van der Waals surface area contributed by atoms with Crippen LogP contribution in [0, 0.1) is 5.82 Å². The minimum absolute atomic E-state index is 0.240. The van der Waals surface area contributed by atoms with Gasteiger partial charge in [0.15, 0.2) is 11.6 Å². The molecule has 124 valence electrons.